The summed E-state index contributed by atoms with van der Waals surface area (Å²) in [4.78, 5) is 39.4. The molecule has 0 N–H and O–H groups in total. The fourth-order valence-corrected chi connectivity index (χ4v) is 3.26. The SMILES string of the molecule is COC(=O)c1c(C)c(C(=O)CN(C(=O)c2ccc(F)cc2)C(C)C)c(C)n1C. The Bertz CT molecular complexity index is 913. The summed E-state index contributed by atoms with van der Waals surface area (Å²) in [6, 6.07) is 4.96. The van der Waals surface area contributed by atoms with Crippen molar-refractivity contribution in [1.82, 2.24) is 9.47 Å². The standard InChI is InChI=1S/C21H25FN2O4/c1-12(2)24(20(26)15-7-9-16(22)10-8-15)11-17(25)18-13(3)19(21(27)28-6)23(5)14(18)4/h7-10,12H,11H2,1-6H3. The first-order valence-electron chi connectivity index (χ1n) is 8.94. The normalized spacial score (nSPS) is 10.9. The number of ether oxygens (including phenoxy) is 1. The van der Waals surface area contributed by atoms with Crippen LogP contribution < -0.4 is 0 Å². The van der Waals surface area contributed by atoms with E-state index in [9.17, 15) is 18.8 Å². The lowest BCUT2D eigenvalue weighted by molar-refractivity contribution is 0.0588. The Morgan fingerprint density at radius 2 is 1.71 bits per heavy atom. The highest BCUT2D eigenvalue weighted by Gasteiger charge is 2.28. The zero-order valence-electron chi connectivity index (χ0n) is 17.0. The first-order valence-corrected chi connectivity index (χ1v) is 8.94. The third kappa shape index (κ3) is 3.98. The third-order valence-corrected chi connectivity index (χ3v) is 4.88. The lowest BCUT2D eigenvalue weighted by Crippen LogP contribution is -2.41. The number of ketones is 1. The summed E-state index contributed by atoms with van der Waals surface area (Å²) in [5.74, 6) is -1.59. The predicted octanol–water partition coefficient (Wildman–Crippen LogP) is 3.30. The van der Waals surface area contributed by atoms with Crippen LogP contribution in [0, 0.1) is 19.7 Å². The lowest BCUT2D eigenvalue weighted by Gasteiger charge is -2.26. The molecule has 7 heteroatoms. The van der Waals surface area contributed by atoms with Gasteiger partial charge in [-0.15, -0.1) is 0 Å². The van der Waals surface area contributed by atoms with E-state index >= 15 is 0 Å². The van der Waals surface area contributed by atoms with Crippen LogP contribution in [0.15, 0.2) is 24.3 Å². The second kappa shape index (κ2) is 8.37. The van der Waals surface area contributed by atoms with Crippen LogP contribution in [0.1, 0.15) is 56.3 Å². The van der Waals surface area contributed by atoms with Gasteiger partial charge >= 0.3 is 5.97 Å². The fraction of sp³-hybridized carbons (Fsp3) is 0.381. The number of nitrogens with zero attached hydrogens (tertiary/aromatic N) is 2. The summed E-state index contributed by atoms with van der Waals surface area (Å²) in [5.41, 5.74) is 2.17. The number of halogens is 1. The molecule has 2 aromatic rings. The van der Waals surface area contributed by atoms with Crippen LogP contribution in [-0.4, -0.2) is 46.8 Å². The van der Waals surface area contributed by atoms with E-state index in [2.05, 4.69) is 0 Å². The maximum atomic E-state index is 13.1. The molecule has 0 bridgehead atoms. The van der Waals surface area contributed by atoms with Gasteiger partial charge in [0.15, 0.2) is 5.78 Å². The molecule has 0 aliphatic rings. The highest BCUT2D eigenvalue weighted by molar-refractivity contribution is 6.06. The number of rotatable bonds is 6. The third-order valence-electron chi connectivity index (χ3n) is 4.88. The maximum Gasteiger partial charge on any atom is 0.354 e. The summed E-state index contributed by atoms with van der Waals surface area (Å²) >= 11 is 0. The average Bonchev–Trinajstić information content (AvgIpc) is 2.87. The molecule has 0 saturated heterocycles. The quantitative estimate of drug-likeness (QED) is 0.562. The van der Waals surface area contributed by atoms with E-state index in [4.69, 9.17) is 4.74 Å². The second-order valence-electron chi connectivity index (χ2n) is 6.94. The molecule has 2 rings (SSSR count). The maximum absolute atomic E-state index is 13.1. The van der Waals surface area contributed by atoms with Crippen molar-refractivity contribution in [3.8, 4) is 0 Å². The Morgan fingerprint density at radius 1 is 1.14 bits per heavy atom. The number of hydrogen-bond acceptors (Lipinski definition) is 4. The van der Waals surface area contributed by atoms with E-state index in [0.29, 0.717) is 28.1 Å². The number of hydrogen-bond donors (Lipinski definition) is 0. The molecular weight excluding hydrogens is 363 g/mol. The number of methoxy groups -OCH3 is 1. The van der Waals surface area contributed by atoms with Crippen LogP contribution in [-0.2, 0) is 11.8 Å². The molecule has 1 heterocycles. The average molecular weight is 388 g/mol. The van der Waals surface area contributed by atoms with Gasteiger partial charge in [0.1, 0.15) is 11.5 Å². The number of carbonyl (C=O) groups is 3. The highest BCUT2D eigenvalue weighted by atomic mass is 19.1. The van der Waals surface area contributed by atoms with Crippen LogP contribution in [0.5, 0.6) is 0 Å². The molecule has 150 valence electrons. The largest absolute Gasteiger partial charge is 0.464 e. The van der Waals surface area contributed by atoms with Crippen molar-refractivity contribution in [2.24, 2.45) is 7.05 Å². The van der Waals surface area contributed by atoms with Gasteiger partial charge in [0, 0.05) is 29.9 Å². The van der Waals surface area contributed by atoms with Crippen molar-refractivity contribution >= 4 is 17.7 Å². The van der Waals surface area contributed by atoms with Crippen molar-refractivity contribution in [2.75, 3.05) is 13.7 Å². The molecule has 0 saturated carbocycles. The molecule has 0 radical (unpaired) electrons. The zero-order chi connectivity index (χ0) is 21.2. The molecule has 6 nitrogen and oxygen atoms in total. The van der Waals surface area contributed by atoms with E-state index in [-0.39, 0.29) is 24.3 Å². The highest BCUT2D eigenvalue weighted by Crippen LogP contribution is 2.23. The monoisotopic (exact) mass is 388 g/mol. The van der Waals surface area contributed by atoms with Gasteiger partial charge in [-0.3, -0.25) is 9.59 Å². The summed E-state index contributed by atoms with van der Waals surface area (Å²) in [5, 5.41) is 0. The van der Waals surface area contributed by atoms with E-state index in [1.54, 1.807) is 39.3 Å². The van der Waals surface area contributed by atoms with Crippen molar-refractivity contribution in [1.29, 1.82) is 0 Å². The lowest BCUT2D eigenvalue weighted by atomic mass is 10.0. The number of amides is 1. The molecule has 1 aromatic carbocycles. The van der Waals surface area contributed by atoms with E-state index in [1.807, 2.05) is 0 Å². The Labute approximate surface area is 163 Å². The molecule has 0 fully saturated rings. The fourth-order valence-electron chi connectivity index (χ4n) is 3.26. The molecule has 0 aliphatic heterocycles. The van der Waals surface area contributed by atoms with E-state index in [0.717, 1.165) is 0 Å². The number of esters is 1. The summed E-state index contributed by atoms with van der Waals surface area (Å²) < 4.78 is 19.6. The number of benzene rings is 1. The zero-order valence-corrected chi connectivity index (χ0v) is 17.0. The van der Waals surface area contributed by atoms with E-state index in [1.165, 1.54) is 36.3 Å². The van der Waals surface area contributed by atoms with Crippen molar-refractivity contribution in [3.05, 3.63) is 58.2 Å². The van der Waals surface area contributed by atoms with Crippen molar-refractivity contribution in [2.45, 2.75) is 33.7 Å². The Balaban J connectivity index is 2.37. The molecular formula is C21H25FN2O4. The van der Waals surface area contributed by atoms with Crippen LogP contribution in [0.4, 0.5) is 4.39 Å². The van der Waals surface area contributed by atoms with Crippen LogP contribution >= 0.6 is 0 Å². The van der Waals surface area contributed by atoms with Gasteiger partial charge in [-0.05, 0) is 57.5 Å². The van der Waals surface area contributed by atoms with Gasteiger partial charge < -0.3 is 14.2 Å². The Morgan fingerprint density at radius 3 is 2.21 bits per heavy atom. The molecule has 0 unspecified atom stereocenters. The second-order valence-corrected chi connectivity index (χ2v) is 6.94. The molecule has 1 aromatic heterocycles. The van der Waals surface area contributed by atoms with Gasteiger partial charge in [-0.25, -0.2) is 9.18 Å². The molecule has 0 atom stereocenters. The van der Waals surface area contributed by atoms with Crippen molar-refractivity contribution < 1.29 is 23.5 Å². The van der Waals surface area contributed by atoms with Crippen LogP contribution in [0.3, 0.4) is 0 Å². The van der Waals surface area contributed by atoms with Gasteiger partial charge in [0.05, 0.1) is 13.7 Å². The van der Waals surface area contributed by atoms with Gasteiger partial charge in [0.2, 0.25) is 0 Å². The minimum absolute atomic E-state index is 0.153. The smallest absolute Gasteiger partial charge is 0.354 e. The summed E-state index contributed by atoms with van der Waals surface area (Å²) in [6.45, 7) is 6.89. The van der Waals surface area contributed by atoms with Gasteiger partial charge in [-0.2, -0.15) is 0 Å². The number of Topliss-reactive ketones (excluding diaryl/α,β-unsaturated/α-hetero) is 1. The van der Waals surface area contributed by atoms with Gasteiger partial charge in [-0.1, -0.05) is 0 Å². The minimum atomic E-state index is -0.523. The van der Waals surface area contributed by atoms with Crippen LogP contribution in [0.25, 0.3) is 0 Å². The van der Waals surface area contributed by atoms with Crippen LogP contribution in [0.2, 0.25) is 0 Å². The topological polar surface area (TPSA) is 68.6 Å². The molecule has 1 amide bonds. The molecule has 0 aliphatic carbocycles. The predicted molar refractivity (Wildman–Crippen MR) is 103 cm³/mol. The van der Waals surface area contributed by atoms with E-state index < -0.39 is 11.8 Å². The minimum Gasteiger partial charge on any atom is -0.464 e. The summed E-state index contributed by atoms with van der Waals surface area (Å²) in [6.07, 6.45) is 0. The molecule has 28 heavy (non-hydrogen) atoms. The number of aromatic nitrogens is 1. The Kier molecular flexibility index (Phi) is 6.38. The number of carbonyl (C=O) groups excluding carboxylic acids is 3. The first kappa shape index (κ1) is 21.3. The summed E-state index contributed by atoms with van der Waals surface area (Å²) in [7, 11) is 2.97. The Hall–Kier alpha value is -2.96. The molecule has 0 spiro atoms. The first-order chi connectivity index (χ1) is 13.1. The van der Waals surface area contributed by atoms with Crippen molar-refractivity contribution in [3.63, 3.8) is 0 Å². The van der Waals surface area contributed by atoms with Gasteiger partial charge in [0.25, 0.3) is 5.91 Å².